The second-order valence-corrected chi connectivity index (χ2v) is 5.96. The van der Waals surface area contributed by atoms with Gasteiger partial charge in [-0.25, -0.2) is 0 Å². The van der Waals surface area contributed by atoms with Gasteiger partial charge in [0.25, 0.3) is 0 Å². The summed E-state index contributed by atoms with van der Waals surface area (Å²) in [5, 5.41) is 3.45. The number of morpholine rings is 1. The smallest absolute Gasteiger partial charge is 0.0622 e. The van der Waals surface area contributed by atoms with Crippen LogP contribution >= 0.6 is 0 Å². The molecule has 1 aromatic rings. The van der Waals surface area contributed by atoms with Gasteiger partial charge in [0, 0.05) is 31.7 Å². The van der Waals surface area contributed by atoms with Gasteiger partial charge in [-0.05, 0) is 17.5 Å². The van der Waals surface area contributed by atoms with Crippen LogP contribution in [0.1, 0.15) is 38.3 Å². The highest BCUT2D eigenvalue weighted by atomic mass is 16.5. The van der Waals surface area contributed by atoms with Crippen molar-refractivity contribution in [2.45, 2.75) is 52.4 Å². The minimum Gasteiger partial charge on any atom is -0.378 e. The zero-order valence-corrected chi connectivity index (χ0v) is 13.1. The van der Waals surface area contributed by atoms with Crippen LogP contribution in [0.5, 0.6) is 0 Å². The van der Waals surface area contributed by atoms with E-state index in [-0.39, 0.29) is 0 Å². The normalized spacial score (nSPS) is 20.5. The Balaban J connectivity index is 1.89. The van der Waals surface area contributed by atoms with E-state index in [0.717, 1.165) is 39.3 Å². The van der Waals surface area contributed by atoms with Crippen molar-refractivity contribution in [1.29, 1.82) is 0 Å². The van der Waals surface area contributed by atoms with Crippen molar-refractivity contribution in [3.05, 3.63) is 35.4 Å². The van der Waals surface area contributed by atoms with Gasteiger partial charge in [-0.1, -0.05) is 45.0 Å². The van der Waals surface area contributed by atoms with Crippen molar-refractivity contribution in [2.24, 2.45) is 0 Å². The number of ether oxygens (including phenoxy) is 1. The molecule has 1 N–H and O–H groups in total. The summed E-state index contributed by atoms with van der Waals surface area (Å²) in [5.74, 6) is 0. The molecule has 1 aliphatic rings. The molecule has 1 aromatic carbocycles. The first-order valence-corrected chi connectivity index (χ1v) is 7.82. The second-order valence-electron chi connectivity index (χ2n) is 5.96. The van der Waals surface area contributed by atoms with Crippen LogP contribution in [-0.2, 0) is 17.8 Å². The third-order valence-electron chi connectivity index (χ3n) is 3.94. The number of nitrogens with zero attached hydrogens (tertiary/aromatic N) is 1. The van der Waals surface area contributed by atoms with Crippen LogP contribution in [-0.4, -0.2) is 36.7 Å². The van der Waals surface area contributed by atoms with Crippen molar-refractivity contribution in [1.82, 2.24) is 10.2 Å². The van der Waals surface area contributed by atoms with Gasteiger partial charge in [0.2, 0.25) is 0 Å². The molecule has 1 unspecified atom stereocenters. The summed E-state index contributed by atoms with van der Waals surface area (Å²) in [6.45, 7) is 11.4. The molecule has 0 aromatic heterocycles. The van der Waals surface area contributed by atoms with Gasteiger partial charge in [0.1, 0.15) is 0 Å². The maximum absolute atomic E-state index is 5.56. The van der Waals surface area contributed by atoms with Gasteiger partial charge in [0.15, 0.2) is 0 Å². The molecular weight excluding hydrogens is 248 g/mol. The molecule has 1 aliphatic heterocycles. The standard InChI is InChI=1S/C17H28N2O/c1-4-17-13-20-10-9-19(17)12-16-7-5-15(6-8-16)11-18-14(2)3/h5-8,14,17-18H,4,9-13H2,1-3H3. The van der Waals surface area contributed by atoms with Crippen LogP contribution in [0.15, 0.2) is 24.3 Å². The first-order chi connectivity index (χ1) is 9.69. The van der Waals surface area contributed by atoms with E-state index in [1.165, 1.54) is 11.1 Å². The summed E-state index contributed by atoms with van der Waals surface area (Å²) in [7, 11) is 0. The molecule has 1 fully saturated rings. The molecule has 3 heteroatoms. The monoisotopic (exact) mass is 276 g/mol. The van der Waals surface area contributed by atoms with E-state index in [0.29, 0.717) is 12.1 Å². The SMILES string of the molecule is CCC1COCCN1Cc1ccc(CNC(C)C)cc1. The Labute approximate surface area is 123 Å². The van der Waals surface area contributed by atoms with E-state index in [2.05, 4.69) is 55.3 Å². The number of hydrogen-bond acceptors (Lipinski definition) is 3. The highest BCUT2D eigenvalue weighted by Crippen LogP contribution is 2.15. The average molecular weight is 276 g/mol. The summed E-state index contributed by atoms with van der Waals surface area (Å²) in [5.41, 5.74) is 2.76. The molecule has 1 heterocycles. The Kier molecular flexibility index (Phi) is 6.02. The lowest BCUT2D eigenvalue weighted by atomic mass is 10.1. The van der Waals surface area contributed by atoms with Crippen molar-refractivity contribution in [3.8, 4) is 0 Å². The van der Waals surface area contributed by atoms with Crippen LogP contribution < -0.4 is 5.32 Å². The minimum atomic E-state index is 0.535. The summed E-state index contributed by atoms with van der Waals surface area (Å²) in [6.07, 6.45) is 1.16. The van der Waals surface area contributed by atoms with E-state index in [1.54, 1.807) is 0 Å². The number of rotatable bonds is 6. The van der Waals surface area contributed by atoms with Crippen molar-refractivity contribution in [3.63, 3.8) is 0 Å². The highest BCUT2D eigenvalue weighted by Gasteiger charge is 2.21. The maximum Gasteiger partial charge on any atom is 0.0622 e. The lowest BCUT2D eigenvalue weighted by Gasteiger charge is -2.35. The van der Waals surface area contributed by atoms with E-state index in [1.807, 2.05) is 0 Å². The van der Waals surface area contributed by atoms with Crippen molar-refractivity contribution < 1.29 is 4.74 Å². The number of benzene rings is 1. The fourth-order valence-electron chi connectivity index (χ4n) is 2.59. The van der Waals surface area contributed by atoms with Crippen molar-refractivity contribution >= 4 is 0 Å². The minimum absolute atomic E-state index is 0.535. The molecule has 20 heavy (non-hydrogen) atoms. The molecule has 0 saturated carbocycles. The summed E-state index contributed by atoms with van der Waals surface area (Å²) < 4.78 is 5.56. The molecule has 0 spiro atoms. The van der Waals surface area contributed by atoms with E-state index < -0.39 is 0 Å². The van der Waals surface area contributed by atoms with Crippen LogP contribution in [0.25, 0.3) is 0 Å². The van der Waals surface area contributed by atoms with Crippen LogP contribution in [0, 0.1) is 0 Å². The fraction of sp³-hybridized carbons (Fsp3) is 0.647. The molecular formula is C17H28N2O. The Bertz CT molecular complexity index is 388. The zero-order chi connectivity index (χ0) is 14.4. The van der Waals surface area contributed by atoms with Gasteiger partial charge in [-0.2, -0.15) is 0 Å². The number of hydrogen-bond donors (Lipinski definition) is 1. The van der Waals surface area contributed by atoms with E-state index in [9.17, 15) is 0 Å². The van der Waals surface area contributed by atoms with Gasteiger partial charge < -0.3 is 10.1 Å². The Morgan fingerprint density at radius 1 is 1.25 bits per heavy atom. The Morgan fingerprint density at radius 2 is 1.95 bits per heavy atom. The molecule has 0 bridgehead atoms. The molecule has 2 rings (SSSR count). The molecule has 1 saturated heterocycles. The van der Waals surface area contributed by atoms with Gasteiger partial charge in [-0.15, -0.1) is 0 Å². The van der Waals surface area contributed by atoms with Gasteiger partial charge in [0.05, 0.1) is 13.2 Å². The fourth-order valence-corrected chi connectivity index (χ4v) is 2.59. The molecule has 3 nitrogen and oxygen atoms in total. The lowest BCUT2D eigenvalue weighted by molar-refractivity contribution is -0.0127. The predicted octanol–water partition coefficient (Wildman–Crippen LogP) is 2.80. The van der Waals surface area contributed by atoms with Crippen LogP contribution in [0.3, 0.4) is 0 Å². The molecule has 0 aliphatic carbocycles. The third-order valence-corrected chi connectivity index (χ3v) is 3.94. The highest BCUT2D eigenvalue weighted by molar-refractivity contribution is 5.22. The molecule has 112 valence electrons. The topological polar surface area (TPSA) is 24.5 Å². The molecule has 0 amide bonds. The Morgan fingerprint density at radius 3 is 2.60 bits per heavy atom. The quantitative estimate of drug-likeness (QED) is 0.864. The van der Waals surface area contributed by atoms with Crippen molar-refractivity contribution in [2.75, 3.05) is 19.8 Å². The summed E-state index contributed by atoms with van der Waals surface area (Å²) >= 11 is 0. The van der Waals surface area contributed by atoms with E-state index >= 15 is 0 Å². The summed E-state index contributed by atoms with van der Waals surface area (Å²) in [4.78, 5) is 2.55. The lowest BCUT2D eigenvalue weighted by Crippen LogP contribution is -2.44. The predicted molar refractivity (Wildman–Crippen MR) is 83.7 cm³/mol. The Hall–Kier alpha value is -0.900. The van der Waals surface area contributed by atoms with Gasteiger partial charge in [-0.3, -0.25) is 4.90 Å². The zero-order valence-electron chi connectivity index (χ0n) is 13.1. The largest absolute Gasteiger partial charge is 0.378 e. The van der Waals surface area contributed by atoms with Crippen LogP contribution in [0.4, 0.5) is 0 Å². The first-order valence-electron chi connectivity index (χ1n) is 7.82. The second kappa shape index (κ2) is 7.77. The van der Waals surface area contributed by atoms with Crippen LogP contribution in [0.2, 0.25) is 0 Å². The molecule has 1 atom stereocenters. The van der Waals surface area contributed by atoms with Gasteiger partial charge >= 0.3 is 0 Å². The third kappa shape index (κ3) is 4.58. The number of nitrogens with one attached hydrogen (secondary N) is 1. The van der Waals surface area contributed by atoms with E-state index in [4.69, 9.17) is 4.74 Å². The maximum atomic E-state index is 5.56. The first kappa shape index (κ1) is 15.5. The molecule has 0 radical (unpaired) electrons. The average Bonchev–Trinajstić information content (AvgIpc) is 2.47. The summed E-state index contributed by atoms with van der Waals surface area (Å²) in [6, 6.07) is 10.1.